The lowest BCUT2D eigenvalue weighted by Crippen LogP contribution is -2.54. The highest BCUT2D eigenvalue weighted by atomic mass is 16.5. The van der Waals surface area contributed by atoms with Crippen molar-refractivity contribution in [2.75, 3.05) is 6.54 Å². The van der Waals surface area contributed by atoms with Gasteiger partial charge in [0.25, 0.3) is 11.8 Å². The van der Waals surface area contributed by atoms with Gasteiger partial charge in [-0.1, -0.05) is 46.5 Å². The van der Waals surface area contributed by atoms with Crippen molar-refractivity contribution < 1.29 is 23.9 Å². The number of hydrogen-bond donors (Lipinski definition) is 2. The van der Waals surface area contributed by atoms with E-state index in [4.69, 9.17) is 4.74 Å². The SMILES string of the molecule is C[C@@H]1[C@H](C)CCC[C@@H]1NC(=O)[C@@H](C)OC(=O)CN1C(=O)N[C@]2(CCCC[C@@H]2C)C1=O. The van der Waals surface area contributed by atoms with E-state index in [0.717, 1.165) is 43.4 Å². The van der Waals surface area contributed by atoms with Crippen LogP contribution in [0.25, 0.3) is 0 Å². The van der Waals surface area contributed by atoms with E-state index in [-0.39, 0.29) is 23.8 Å². The molecule has 3 aliphatic rings. The van der Waals surface area contributed by atoms with E-state index in [2.05, 4.69) is 24.5 Å². The number of amides is 4. The van der Waals surface area contributed by atoms with E-state index in [1.54, 1.807) is 0 Å². The van der Waals surface area contributed by atoms with Gasteiger partial charge in [-0.15, -0.1) is 0 Å². The standard InChI is InChI=1S/C22H35N3O5/c1-13-8-7-10-17(15(13)3)23-19(27)16(4)30-18(26)12-25-20(28)22(24-21(25)29)11-6-5-9-14(22)2/h13-17H,5-12H2,1-4H3,(H,23,27)(H,24,29)/t13-,14+,15-,16-,17+,22+/m1/s1. The van der Waals surface area contributed by atoms with Gasteiger partial charge in [-0.25, -0.2) is 4.79 Å². The molecule has 3 fully saturated rings. The number of urea groups is 1. The van der Waals surface area contributed by atoms with Crippen LogP contribution in [0.1, 0.15) is 72.6 Å². The van der Waals surface area contributed by atoms with Gasteiger partial charge < -0.3 is 15.4 Å². The van der Waals surface area contributed by atoms with E-state index < -0.39 is 30.2 Å². The first kappa shape index (κ1) is 22.6. The number of esters is 1. The quantitative estimate of drug-likeness (QED) is 0.524. The molecule has 4 amide bonds. The Kier molecular flexibility index (Phi) is 6.72. The summed E-state index contributed by atoms with van der Waals surface area (Å²) >= 11 is 0. The molecule has 8 nitrogen and oxygen atoms in total. The second kappa shape index (κ2) is 8.94. The van der Waals surface area contributed by atoms with Gasteiger partial charge in [0.15, 0.2) is 6.10 Å². The fourth-order valence-corrected chi connectivity index (χ4v) is 5.14. The van der Waals surface area contributed by atoms with Gasteiger partial charge in [-0.2, -0.15) is 0 Å². The third kappa shape index (κ3) is 4.32. The third-order valence-corrected chi connectivity index (χ3v) is 7.50. The molecule has 6 atom stereocenters. The molecule has 1 saturated heterocycles. The Bertz CT molecular complexity index is 711. The zero-order chi connectivity index (χ0) is 22.1. The molecule has 30 heavy (non-hydrogen) atoms. The molecule has 2 aliphatic carbocycles. The third-order valence-electron chi connectivity index (χ3n) is 7.50. The summed E-state index contributed by atoms with van der Waals surface area (Å²) in [5, 5.41) is 5.81. The van der Waals surface area contributed by atoms with E-state index >= 15 is 0 Å². The van der Waals surface area contributed by atoms with Crippen LogP contribution < -0.4 is 10.6 Å². The Balaban J connectivity index is 1.54. The number of carbonyl (C=O) groups is 4. The molecule has 0 aromatic rings. The molecular weight excluding hydrogens is 386 g/mol. The predicted octanol–water partition coefficient (Wildman–Crippen LogP) is 2.36. The molecule has 1 aliphatic heterocycles. The van der Waals surface area contributed by atoms with Crippen molar-refractivity contribution in [3.05, 3.63) is 0 Å². The van der Waals surface area contributed by atoms with Gasteiger partial charge in [0.2, 0.25) is 0 Å². The lowest BCUT2D eigenvalue weighted by molar-refractivity contribution is -0.157. The van der Waals surface area contributed by atoms with E-state index in [0.29, 0.717) is 18.3 Å². The average Bonchev–Trinajstić information content (AvgIpc) is 2.92. The van der Waals surface area contributed by atoms with Crippen LogP contribution in [-0.4, -0.2) is 52.9 Å². The summed E-state index contributed by atoms with van der Waals surface area (Å²) in [5.41, 5.74) is -0.910. The molecule has 3 rings (SSSR count). The summed E-state index contributed by atoms with van der Waals surface area (Å²) in [6, 6.07) is -0.492. The molecule has 0 unspecified atom stereocenters. The van der Waals surface area contributed by atoms with E-state index in [9.17, 15) is 19.2 Å². The monoisotopic (exact) mass is 421 g/mol. The molecule has 168 valence electrons. The van der Waals surface area contributed by atoms with Crippen molar-refractivity contribution in [2.45, 2.75) is 90.3 Å². The van der Waals surface area contributed by atoms with Crippen molar-refractivity contribution in [3.8, 4) is 0 Å². The second-order valence-electron chi connectivity index (χ2n) is 9.45. The fraction of sp³-hybridized carbons (Fsp3) is 0.818. The van der Waals surface area contributed by atoms with Crippen LogP contribution in [0, 0.1) is 17.8 Å². The Morgan fingerprint density at radius 2 is 1.90 bits per heavy atom. The van der Waals surface area contributed by atoms with Crippen LogP contribution in [0.15, 0.2) is 0 Å². The fourth-order valence-electron chi connectivity index (χ4n) is 5.14. The number of carbonyl (C=O) groups excluding carboxylic acids is 4. The highest BCUT2D eigenvalue weighted by molar-refractivity contribution is 6.09. The Morgan fingerprint density at radius 1 is 1.17 bits per heavy atom. The number of rotatable bonds is 5. The summed E-state index contributed by atoms with van der Waals surface area (Å²) in [6.45, 7) is 7.31. The molecule has 0 bridgehead atoms. The molecule has 8 heteroatoms. The minimum atomic E-state index is -0.981. The normalized spacial score (nSPS) is 35.1. The van der Waals surface area contributed by atoms with Crippen LogP contribution in [0.2, 0.25) is 0 Å². The summed E-state index contributed by atoms with van der Waals surface area (Å²) in [6.07, 6.45) is 5.50. The van der Waals surface area contributed by atoms with Gasteiger partial charge >= 0.3 is 12.0 Å². The Morgan fingerprint density at radius 3 is 2.60 bits per heavy atom. The minimum absolute atomic E-state index is 0.0216. The van der Waals surface area contributed by atoms with Crippen LogP contribution in [0.4, 0.5) is 4.79 Å². The zero-order valence-corrected chi connectivity index (χ0v) is 18.5. The van der Waals surface area contributed by atoms with Crippen LogP contribution in [0.5, 0.6) is 0 Å². The molecule has 2 saturated carbocycles. The predicted molar refractivity (Wildman–Crippen MR) is 110 cm³/mol. The Labute approximate surface area is 178 Å². The molecule has 1 spiro atoms. The minimum Gasteiger partial charge on any atom is -0.451 e. The second-order valence-corrected chi connectivity index (χ2v) is 9.45. The molecule has 0 radical (unpaired) electrons. The van der Waals surface area contributed by atoms with E-state index in [1.807, 2.05) is 6.92 Å². The largest absolute Gasteiger partial charge is 0.451 e. The summed E-state index contributed by atoms with van der Waals surface area (Å²) in [4.78, 5) is 51.2. The van der Waals surface area contributed by atoms with Gasteiger partial charge in [0, 0.05) is 6.04 Å². The highest BCUT2D eigenvalue weighted by Gasteiger charge is 2.55. The summed E-state index contributed by atoms with van der Waals surface area (Å²) in [5.74, 6) is -0.538. The first-order chi connectivity index (χ1) is 14.2. The van der Waals surface area contributed by atoms with E-state index in [1.165, 1.54) is 6.92 Å². The molecule has 0 aromatic carbocycles. The van der Waals surface area contributed by atoms with Gasteiger partial charge in [-0.05, 0) is 43.9 Å². The first-order valence-electron chi connectivity index (χ1n) is 11.3. The maximum atomic E-state index is 12.9. The van der Waals surface area contributed by atoms with Crippen LogP contribution >= 0.6 is 0 Å². The number of nitrogens with one attached hydrogen (secondary N) is 2. The van der Waals surface area contributed by atoms with Gasteiger partial charge in [0.1, 0.15) is 12.1 Å². The maximum Gasteiger partial charge on any atom is 0.327 e. The molecular formula is C22H35N3O5. The molecule has 2 N–H and O–H groups in total. The number of ether oxygens (including phenoxy) is 1. The van der Waals surface area contributed by atoms with Crippen molar-refractivity contribution >= 4 is 23.8 Å². The molecule has 1 heterocycles. The van der Waals surface area contributed by atoms with Gasteiger partial charge in [-0.3, -0.25) is 19.3 Å². The average molecular weight is 422 g/mol. The Hall–Kier alpha value is -2.12. The number of hydrogen-bond acceptors (Lipinski definition) is 5. The maximum absolute atomic E-state index is 12.9. The van der Waals surface area contributed by atoms with Crippen molar-refractivity contribution in [1.29, 1.82) is 0 Å². The van der Waals surface area contributed by atoms with Crippen molar-refractivity contribution in [1.82, 2.24) is 15.5 Å². The first-order valence-corrected chi connectivity index (χ1v) is 11.3. The number of nitrogens with zero attached hydrogens (tertiary/aromatic N) is 1. The van der Waals surface area contributed by atoms with Crippen molar-refractivity contribution in [2.24, 2.45) is 17.8 Å². The highest BCUT2D eigenvalue weighted by Crippen LogP contribution is 2.38. The lowest BCUT2D eigenvalue weighted by atomic mass is 9.73. The molecule has 0 aromatic heterocycles. The topological polar surface area (TPSA) is 105 Å². The van der Waals surface area contributed by atoms with Gasteiger partial charge in [0.05, 0.1) is 0 Å². The van der Waals surface area contributed by atoms with Crippen LogP contribution in [0.3, 0.4) is 0 Å². The van der Waals surface area contributed by atoms with Crippen molar-refractivity contribution in [3.63, 3.8) is 0 Å². The lowest BCUT2D eigenvalue weighted by Gasteiger charge is -2.36. The summed E-state index contributed by atoms with van der Waals surface area (Å²) < 4.78 is 5.25. The zero-order valence-electron chi connectivity index (χ0n) is 18.5. The van der Waals surface area contributed by atoms with Crippen LogP contribution in [-0.2, 0) is 19.1 Å². The summed E-state index contributed by atoms with van der Waals surface area (Å²) in [7, 11) is 0. The smallest absolute Gasteiger partial charge is 0.327 e. The number of imide groups is 1.